The number of halogens is 4. The summed E-state index contributed by atoms with van der Waals surface area (Å²) in [6.07, 6.45) is -2.45. The first-order chi connectivity index (χ1) is 8.31. The Hall–Kier alpha value is -1.17. The molecular weight excluding hydrogens is 313 g/mol. The third-order valence-electron chi connectivity index (χ3n) is 1.96. The Labute approximate surface area is 112 Å². The zero-order chi connectivity index (χ0) is 13.8. The average molecular weight is 325 g/mol. The summed E-state index contributed by atoms with van der Waals surface area (Å²) in [5.41, 5.74) is 0. The third-order valence-corrected chi connectivity index (χ3v) is 2.58. The summed E-state index contributed by atoms with van der Waals surface area (Å²) in [4.78, 5) is 0. The molecule has 0 fully saturated rings. The number of hydrogen-bond acceptors (Lipinski definition) is 2. The van der Waals surface area contributed by atoms with Gasteiger partial charge in [0.1, 0.15) is 11.5 Å². The maximum atomic E-state index is 12.0. The molecule has 0 aliphatic carbocycles. The van der Waals surface area contributed by atoms with E-state index in [1.807, 2.05) is 6.92 Å². The molecule has 1 rings (SSSR count). The van der Waals surface area contributed by atoms with Crippen LogP contribution >= 0.6 is 15.9 Å². The summed E-state index contributed by atoms with van der Waals surface area (Å²) in [7, 11) is 0. The molecule has 0 aliphatic rings. The second kappa shape index (κ2) is 6.13. The molecule has 0 unspecified atom stereocenters. The molecular formula is C12H12BrF3O2. The molecule has 1 atom stereocenters. The van der Waals surface area contributed by atoms with Crippen LogP contribution in [0.15, 0.2) is 35.3 Å². The quantitative estimate of drug-likeness (QED) is 0.731. The van der Waals surface area contributed by atoms with Gasteiger partial charge in [-0.25, -0.2) is 0 Å². The van der Waals surface area contributed by atoms with Gasteiger partial charge in [-0.15, -0.1) is 19.8 Å². The van der Waals surface area contributed by atoms with Gasteiger partial charge in [0, 0.05) is 6.42 Å². The predicted molar refractivity (Wildman–Crippen MR) is 65.7 cm³/mol. The van der Waals surface area contributed by atoms with Crippen molar-refractivity contribution in [2.45, 2.75) is 25.8 Å². The van der Waals surface area contributed by atoms with Crippen molar-refractivity contribution in [2.75, 3.05) is 0 Å². The Morgan fingerprint density at radius 1 is 1.44 bits per heavy atom. The first-order valence-corrected chi connectivity index (χ1v) is 5.94. The van der Waals surface area contributed by atoms with E-state index >= 15 is 0 Å². The molecule has 18 heavy (non-hydrogen) atoms. The Bertz CT molecular complexity index is 418. The van der Waals surface area contributed by atoms with Crippen molar-refractivity contribution in [1.29, 1.82) is 0 Å². The highest BCUT2D eigenvalue weighted by molar-refractivity contribution is 9.10. The number of alkyl halides is 3. The topological polar surface area (TPSA) is 18.5 Å². The Morgan fingerprint density at radius 2 is 2.11 bits per heavy atom. The van der Waals surface area contributed by atoms with Gasteiger partial charge in [0.25, 0.3) is 0 Å². The normalized spacial score (nSPS) is 12.9. The molecule has 0 heterocycles. The molecule has 0 saturated heterocycles. The summed E-state index contributed by atoms with van der Waals surface area (Å²) >= 11 is 3.14. The van der Waals surface area contributed by atoms with Crippen LogP contribution in [0.5, 0.6) is 11.5 Å². The minimum atomic E-state index is -4.70. The highest BCUT2D eigenvalue weighted by atomic mass is 79.9. The maximum Gasteiger partial charge on any atom is 0.573 e. The molecule has 0 aromatic heterocycles. The van der Waals surface area contributed by atoms with Crippen LogP contribution in [-0.4, -0.2) is 12.5 Å². The number of ether oxygens (including phenoxy) is 2. The van der Waals surface area contributed by atoms with Crippen molar-refractivity contribution < 1.29 is 22.6 Å². The Morgan fingerprint density at radius 3 is 2.61 bits per heavy atom. The average Bonchev–Trinajstić information content (AvgIpc) is 2.20. The van der Waals surface area contributed by atoms with E-state index in [4.69, 9.17) is 4.74 Å². The summed E-state index contributed by atoms with van der Waals surface area (Å²) in [6.45, 7) is 5.42. The monoisotopic (exact) mass is 324 g/mol. The fourth-order valence-electron chi connectivity index (χ4n) is 1.27. The largest absolute Gasteiger partial charge is 0.573 e. The van der Waals surface area contributed by atoms with Crippen LogP contribution in [0.4, 0.5) is 13.2 Å². The first-order valence-electron chi connectivity index (χ1n) is 5.14. The van der Waals surface area contributed by atoms with Crippen LogP contribution in [0.1, 0.15) is 13.3 Å². The van der Waals surface area contributed by atoms with E-state index in [1.54, 1.807) is 6.08 Å². The van der Waals surface area contributed by atoms with Crippen molar-refractivity contribution in [1.82, 2.24) is 0 Å². The molecule has 2 nitrogen and oxygen atoms in total. The summed E-state index contributed by atoms with van der Waals surface area (Å²) in [5, 5.41) is 0. The minimum absolute atomic E-state index is 0.104. The molecule has 0 spiro atoms. The second-order valence-electron chi connectivity index (χ2n) is 3.59. The molecule has 0 aliphatic heterocycles. The Balaban J connectivity index is 2.76. The Kier molecular flexibility index (Phi) is 5.07. The van der Waals surface area contributed by atoms with Gasteiger partial charge in [0.2, 0.25) is 0 Å². The summed E-state index contributed by atoms with van der Waals surface area (Å²) < 4.78 is 45.7. The van der Waals surface area contributed by atoms with Crippen LogP contribution in [0, 0.1) is 0 Å². The van der Waals surface area contributed by atoms with Gasteiger partial charge in [-0.3, -0.25) is 0 Å². The minimum Gasteiger partial charge on any atom is -0.489 e. The van der Waals surface area contributed by atoms with E-state index in [0.29, 0.717) is 16.6 Å². The van der Waals surface area contributed by atoms with Crippen LogP contribution < -0.4 is 9.47 Å². The van der Waals surface area contributed by atoms with Gasteiger partial charge >= 0.3 is 6.36 Å². The molecule has 0 radical (unpaired) electrons. The van der Waals surface area contributed by atoms with E-state index in [1.165, 1.54) is 18.2 Å². The van der Waals surface area contributed by atoms with Crippen molar-refractivity contribution in [3.05, 3.63) is 35.3 Å². The standard InChI is InChI=1S/C12H12BrF3O2/c1-3-4-8(2)17-11-6-5-9(7-10(11)13)18-12(14,15)16/h3,5-8H,1,4H2,2H3/t8-/m0/s1. The predicted octanol–water partition coefficient (Wildman–Crippen LogP) is 4.69. The van der Waals surface area contributed by atoms with Gasteiger partial charge in [-0.05, 0) is 41.1 Å². The highest BCUT2D eigenvalue weighted by Crippen LogP contribution is 2.32. The zero-order valence-electron chi connectivity index (χ0n) is 9.63. The molecule has 1 aromatic rings. The molecule has 6 heteroatoms. The third kappa shape index (κ3) is 5.00. The SMILES string of the molecule is C=CC[C@H](C)Oc1ccc(OC(F)(F)F)cc1Br. The fraction of sp³-hybridized carbons (Fsp3) is 0.333. The molecule has 0 N–H and O–H groups in total. The first kappa shape index (κ1) is 14.9. The number of benzene rings is 1. The van der Waals surface area contributed by atoms with Crippen LogP contribution in [-0.2, 0) is 0 Å². The molecule has 0 saturated carbocycles. The van der Waals surface area contributed by atoms with E-state index in [0.717, 1.165) is 0 Å². The number of rotatable bonds is 5. The number of hydrogen-bond donors (Lipinski definition) is 0. The summed E-state index contributed by atoms with van der Waals surface area (Å²) in [6, 6.07) is 3.84. The summed E-state index contributed by atoms with van der Waals surface area (Å²) in [5.74, 6) is 0.164. The zero-order valence-corrected chi connectivity index (χ0v) is 11.2. The van der Waals surface area contributed by atoms with Crippen molar-refractivity contribution in [3.63, 3.8) is 0 Å². The van der Waals surface area contributed by atoms with Crippen molar-refractivity contribution in [3.8, 4) is 11.5 Å². The second-order valence-corrected chi connectivity index (χ2v) is 4.45. The van der Waals surface area contributed by atoms with Gasteiger partial charge in [0.05, 0.1) is 10.6 Å². The lowest BCUT2D eigenvalue weighted by atomic mass is 10.2. The van der Waals surface area contributed by atoms with E-state index in [2.05, 4.69) is 27.2 Å². The molecule has 0 amide bonds. The highest BCUT2D eigenvalue weighted by Gasteiger charge is 2.31. The molecule has 0 bridgehead atoms. The lowest BCUT2D eigenvalue weighted by molar-refractivity contribution is -0.274. The van der Waals surface area contributed by atoms with E-state index in [-0.39, 0.29) is 11.9 Å². The van der Waals surface area contributed by atoms with E-state index in [9.17, 15) is 13.2 Å². The molecule has 100 valence electrons. The van der Waals surface area contributed by atoms with E-state index < -0.39 is 6.36 Å². The molecule has 1 aromatic carbocycles. The van der Waals surface area contributed by atoms with Crippen LogP contribution in [0.25, 0.3) is 0 Å². The van der Waals surface area contributed by atoms with Gasteiger partial charge in [-0.2, -0.15) is 0 Å². The van der Waals surface area contributed by atoms with Crippen LogP contribution in [0.3, 0.4) is 0 Å². The van der Waals surface area contributed by atoms with Crippen molar-refractivity contribution >= 4 is 15.9 Å². The smallest absolute Gasteiger partial charge is 0.489 e. The lowest BCUT2D eigenvalue weighted by Crippen LogP contribution is -2.17. The fourth-order valence-corrected chi connectivity index (χ4v) is 1.73. The lowest BCUT2D eigenvalue weighted by Gasteiger charge is -2.15. The van der Waals surface area contributed by atoms with Gasteiger partial charge in [0.15, 0.2) is 0 Å². The maximum absolute atomic E-state index is 12.0. The van der Waals surface area contributed by atoms with Crippen molar-refractivity contribution in [2.24, 2.45) is 0 Å². The van der Waals surface area contributed by atoms with Gasteiger partial charge in [-0.1, -0.05) is 6.08 Å². The van der Waals surface area contributed by atoms with Crippen LogP contribution in [0.2, 0.25) is 0 Å². The van der Waals surface area contributed by atoms with Gasteiger partial charge < -0.3 is 9.47 Å².